The van der Waals surface area contributed by atoms with E-state index in [4.69, 9.17) is 0 Å². The molecule has 0 fully saturated rings. The Bertz CT molecular complexity index is 182. The van der Waals surface area contributed by atoms with Crippen molar-refractivity contribution in [2.45, 2.75) is 67.0 Å². The third-order valence-corrected chi connectivity index (χ3v) is 1.60. The molecule has 0 bridgehead atoms. The number of amides is 1. The molecule has 0 aromatic carbocycles. The van der Waals surface area contributed by atoms with E-state index in [0.29, 0.717) is 6.42 Å². The number of carbonyl (C=O) groups excluding carboxylic acids is 1. The molecule has 18 heavy (non-hydrogen) atoms. The molecule has 0 saturated heterocycles. The van der Waals surface area contributed by atoms with E-state index in [2.05, 4.69) is 13.8 Å². The fourth-order valence-corrected chi connectivity index (χ4v) is 0.913. The van der Waals surface area contributed by atoms with Crippen molar-refractivity contribution in [3.8, 4) is 0 Å². The van der Waals surface area contributed by atoms with E-state index in [1.807, 2.05) is 20.8 Å². The minimum absolute atomic E-state index is 0.186. The van der Waals surface area contributed by atoms with Crippen molar-refractivity contribution in [1.82, 2.24) is 4.90 Å². The number of unbranched alkanes of at least 4 members (excludes halogenated alkanes) is 1. The number of rotatable bonds is 4. The Kier molecular flexibility index (Phi) is 17.9. The van der Waals surface area contributed by atoms with Crippen LogP contribution in [-0.2, 0) is 4.79 Å². The van der Waals surface area contributed by atoms with Gasteiger partial charge in [0.1, 0.15) is 6.54 Å². The lowest BCUT2D eigenvalue weighted by molar-refractivity contribution is -0.160. The van der Waals surface area contributed by atoms with Crippen molar-refractivity contribution in [3.63, 3.8) is 0 Å². The average molecular weight is 271 g/mol. The Labute approximate surface area is 110 Å². The first-order valence-corrected chi connectivity index (χ1v) is 6.60. The Morgan fingerprint density at radius 3 is 1.72 bits per heavy atom. The van der Waals surface area contributed by atoms with Crippen LogP contribution in [0.2, 0.25) is 0 Å². The second-order valence-corrected chi connectivity index (χ2v) is 3.62. The van der Waals surface area contributed by atoms with E-state index in [1.54, 1.807) is 0 Å². The zero-order valence-electron chi connectivity index (χ0n) is 12.5. The van der Waals surface area contributed by atoms with Crippen molar-refractivity contribution in [3.05, 3.63) is 0 Å². The number of halogens is 3. The Balaban J connectivity index is -0.000000389. The molecule has 0 atom stereocenters. The van der Waals surface area contributed by atoms with Gasteiger partial charge < -0.3 is 4.90 Å². The van der Waals surface area contributed by atoms with E-state index in [1.165, 1.54) is 6.42 Å². The van der Waals surface area contributed by atoms with Crippen molar-refractivity contribution >= 4 is 5.91 Å². The highest BCUT2D eigenvalue weighted by Gasteiger charge is 2.31. The predicted octanol–water partition coefficient (Wildman–Crippen LogP) is 4.64. The highest BCUT2D eigenvalue weighted by molar-refractivity contribution is 5.73. The summed E-state index contributed by atoms with van der Waals surface area (Å²) in [6, 6.07) is 0. The molecule has 0 heterocycles. The zero-order valence-corrected chi connectivity index (χ0v) is 12.5. The lowest BCUT2D eigenvalue weighted by Gasteiger charge is -2.21. The van der Waals surface area contributed by atoms with Gasteiger partial charge in [0.25, 0.3) is 0 Å². The molecule has 0 unspecified atom stereocenters. The van der Waals surface area contributed by atoms with Crippen molar-refractivity contribution in [2.75, 3.05) is 13.1 Å². The third-order valence-electron chi connectivity index (χ3n) is 1.60. The van der Waals surface area contributed by atoms with E-state index >= 15 is 0 Å². The smallest absolute Gasteiger partial charge is 0.334 e. The van der Waals surface area contributed by atoms with Crippen molar-refractivity contribution < 1.29 is 18.0 Å². The Hall–Kier alpha value is -0.740. The second-order valence-electron chi connectivity index (χ2n) is 3.62. The molecule has 0 aromatic heterocycles. The normalized spacial score (nSPS) is 9.61. The molecule has 2 nitrogen and oxygen atoms in total. The summed E-state index contributed by atoms with van der Waals surface area (Å²) in [4.78, 5) is 11.6. The SMILES string of the molecule is CC.CCC.CCCCN(CC(F)(F)F)C(C)=O. The topological polar surface area (TPSA) is 20.3 Å². The van der Waals surface area contributed by atoms with Crippen LogP contribution < -0.4 is 0 Å². The van der Waals surface area contributed by atoms with Gasteiger partial charge in [0.2, 0.25) is 5.91 Å². The number of hydrogen-bond donors (Lipinski definition) is 0. The summed E-state index contributed by atoms with van der Waals surface area (Å²) in [6.45, 7) is 10.3. The molecule has 5 heteroatoms. The molecular formula is C13H28F3NO. The standard InChI is InChI=1S/C8H14F3NO.C3H8.C2H6/c1-3-4-5-12(7(2)13)6-8(9,10)11;1-3-2;1-2/h3-6H2,1-2H3;3H2,1-2H3;1-2H3. The van der Waals surface area contributed by atoms with Crippen molar-refractivity contribution in [2.24, 2.45) is 0 Å². The molecular weight excluding hydrogens is 243 g/mol. The Morgan fingerprint density at radius 1 is 1.11 bits per heavy atom. The first-order valence-electron chi connectivity index (χ1n) is 6.60. The summed E-state index contributed by atoms with van der Waals surface area (Å²) in [6.07, 6.45) is -1.66. The molecule has 0 aliphatic carbocycles. The summed E-state index contributed by atoms with van der Waals surface area (Å²) in [5.74, 6) is -0.522. The molecule has 0 radical (unpaired) electrons. The molecule has 0 aliphatic heterocycles. The summed E-state index contributed by atoms with van der Waals surface area (Å²) < 4.78 is 35.7. The van der Waals surface area contributed by atoms with Gasteiger partial charge in [-0.05, 0) is 6.42 Å². The van der Waals surface area contributed by atoms with Gasteiger partial charge in [0.15, 0.2) is 0 Å². The molecule has 0 aliphatic rings. The minimum atomic E-state index is -4.29. The highest BCUT2D eigenvalue weighted by Crippen LogP contribution is 2.16. The van der Waals surface area contributed by atoms with Crippen LogP contribution in [0.5, 0.6) is 0 Å². The van der Waals surface area contributed by atoms with Crippen molar-refractivity contribution in [1.29, 1.82) is 0 Å². The van der Waals surface area contributed by atoms with Gasteiger partial charge in [0, 0.05) is 13.5 Å². The lowest BCUT2D eigenvalue weighted by atomic mass is 10.3. The highest BCUT2D eigenvalue weighted by atomic mass is 19.4. The van der Waals surface area contributed by atoms with E-state index in [-0.39, 0.29) is 6.54 Å². The number of alkyl halides is 3. The second kappa shape index (κ2) is 14.3. The van der Waals surface area contributed by atoms with Gasteiger partial charge in [-0.3, -0.25) is 4.79 Å². The van der Waals surface area contributed by atoms with Crippen LogP contribution >= 0.6 is 0 Å². The zero-order chi connectivity index (χ0) is 15.2. The number of hydrogen-bond acceptors (Lipinski definition) is 1. The van der Waals surface area contributed by atoms with Gasteiger partial charge in [0.05, 0.1) is 0 Å². The van der Waals surface area contributed by atoms with Crippen LogP contribution in [0.15, 0.2) is 0 Å². The van der Waals surface area contributed by atoms with Gasteiger partial charge >= 0.3 is 6.18 Å². The van der Waals surface area contributed by atoms with E-state index in [0.717, 1.165) is 18.2 Å². The molecule has 0 rings (SSSR count). The molecule has 0 spiro atoms. The van der Waals surface area contributed by atoms with Gasteiger partial charge in [-0.25, -0.2) is 0 Å². The van der Waals surface area contributed by atoms with Crippen LogP contribution in [-0.4, -0.2) is 30.1 Å². The fraction of sp³-hybridized carbons (Fsp3) is 0.923. The van der Waals surface area contributed by atoms with Gasteiger partial charge in [-0.2, -0.15) is 13.2 Å². The fourth-order valence-electron chi connectivity index (χ4n) is 0.913. The minimum Gasteiger partial charge on any atom is -0.334 e. The third kappa shape index (κ3) is 20.6. The van der Waals surface area contributed by atoms with Crippen LogP contribution in [0.25, 0.3) is 0 Å². The van der Waals surface area contributed by atoms with Gasteiger partial charge in [-0.1, -0.05) is 47.5 Å². The average Bonchev–Trinajstić information content (AvgIpc) is 2.26. The molecule has 0 N–H and O–H groups in total. The first kappa shape index (κ1) is 22.4. The maximum Gasteiger partial charge on any atom is 0.406 e. The Morgan fingerprint density at radius 2 is 1.50 bits per heavy atom. The van der Waals surface area contributed by atoms with Crippen LogP contribution in [0, 0.1) is 0 Å². The molecule has 1 amide bonds. The van der Waals surface area contributed by atoms with Crippen LogP contribution in [0.1, 0.15) is 60.8 Å². The predicted molar refractivity (Wildman–Crippen MR) is 70.5 cm³/mol. The summed E-state index contributed by atoms with van der Waals surface area (Å²) in [7, 11) is 0. The molecule has 112 valence electrons. The summed E-state index contributed by atoms with van der Waals surface area (Å²) in [5, 5.41) is 0. The van der Waals surface area contributed by atoms with E-state index < -0.39 is 18.6 Å². The summed E-state index contributed by atoms with van der Waals surface area (Å²) in [5.41, 5.74) is 0. The largest absolute Gasteiger partial charge is 0.406 e. The lowest BCUT2D eigenvalue weighted by Crippen LogP contribution is -2.38. The van der Waals surface area contributed by atoms with E-state index in [9.17, 15) is 18.0 Å². The maximum atomic E-state index is 11.9. The monoisotopic (exact) mass is 271 g/mol. The number of nitrogens with zero attached hydrogens (tertiary/aromatic N) is 1. The first-order chi connectivity index (χ1) is 8.28. The van der Waals surface area contributed by atoms with Crippen LogP contribution in [0.4, 0.5) is 13.2 Å². The summed E-state index contributed by atoms with van der Waals surface area (Å²) >= 11 is 0. The molecule has 0 aromatic rings. The molecule has 0 saturated carbocycles. The quantitative estimate of drug-likeness (QED) is 0.729. The van der Waals surface area contributed by atoms with Gasteiger partial charge in [-0.15, -0.1) is 0 Å². The number of carbonyl (C=O) groups is 1. The van der Waals surface area contributed by atoms with Crippen LogP contribution in [0.3, 0.4) is 0 Å². The maximum absolute atomic E-state index is 11.9.